The van der Waals surface area contributed by atoms with Crippen molar-refractivity contribution in [2.75, 3.05) is 19.7 Å². The van der Waals surface area contributed by atoms with E-state index in [0.29, 0.717) is 19.6 Å². The molecule has 0 aromatic carbocycles. The second-order valence-corrected chi connectivity index (χ2v) is 3.65. The van der Waals surface area contributed by atoms with Crippen LogP contribution in [0.2, 0.25) is 0 Å². The molecule has 0 saturated carbocycles. The molecular weight excluding hydrogens is 204 g/mol. The smallest absolute Gasteiger partial charge is 0.323 e. The molecule has 5 heteroatoms. The van der Waals surface area contributed by atoms with Crippen molar-refractivity contribution in [3.63, 3.8) is 0 Å². The van der Waals surface area contributed by atoms with Crippen molar-refractivity contribution >= 4 is 5.97 Å². The number of rotatable bonds is 4. The van der Waals surface area contributed by atoms with Crippen molar-refractivity contribution < 1.29 is 18.3 Å². The molecule has 0 aliphatic carbocycles. The summed E-state index contributed by atoms with van der Waals surface area (Å²) >= 11 is 0. The maximum Gasteiger partial charge on any atom is 0.323 e. The number of carbonyl (C=O) groups excluding carboxylic acids is 1. The van der Waals surface area contributed by atoms with Crippen LogP contribution >= 0.6 is 0 Å². The van der Waals surface area contributed by atoms with Gasteiger partial charge in [0.05, 0.1) is 13.2 Å². The van der Waals surface area contributed by atoms with E-state index in [1.807, 2.05) is 0 Å². The van der Waals surface area contributed by atoms with Crippen LogP contribution in [0.5, 0.6) is 0 Å². The zero-order chi connectivity index (χ0) is 11.3. The Morgan fingerprint density at radius 3 is 2.87 bits per heavy atom. The summed E-state index contributed by atoms with van der Waals surface area (Å²) in [5.41, 5.74) is 0. The maximum absolute atomic E-state index is 12.2. The number of piperidine rings is 1. The SMILES string of the molecule is CCOC(=O)C1CCCCN1CC(F)F. The first kappa shape index (κ1) is 12.4. The first-order chi connectivity index (χ1) is 7.15. The van der Waals surface area contributed by atoms with Crippen LogP contribution in [0.1, 0.15) is 26.2 Å². The van der Waals surface area contributed by atoms with Crippen LogP contribution in [0.25, 0.3) is 0 Å². The van der Waals surface area contributed by atoms with Crippen LogP contribution in [0.4, 0.5) is 8.78 Å². The van der Waals surface area contributed by atoms with Gasteiger partial charge in [0.2, 0.25) is 0 Å². The van der Waals surface area contributed by atoms with Gasteiger partial charge in [-0.1, -0.05) is 6.42 Å². The zero-order valence-corrected chi connectivity index (χ0v) is 8.92. The predicted octanol–water partition coefficient (Wildman–Crippen LogP) is 1.67. The number of halogens is 2. The quantitative estimate of drug-likeness (QED) is 0.676. The second-order valence-electron chi connectivity index (χ2n) is 3.65. The molecule has 0 spiro atoms. The van der Waals surface area contributed by atoms with Crippen LogP contribution in [0.15, 0.2) is 0 Å². The molecule has 1 atom stereocenters. The molecule has 1 aliphatic heterocycles. The Morgan fingerprint density at radius 1 is 1.53 bits per heavy atom. The van der Waals surface area contributed by atoms with Gasteiger partial charge in [-0.05, 0) is 26.3 Å². The summed E-state index contributed by atoms with van der Waals surface area (Å²) < 4.78 is 29.4. The van der Waals surface area contributed by atoms with E-state index < -0.39 is 12.5 Å². The molecule has 0 aromatic rings. The average Bonchev–Trinajstić information content (AvgIpc) is 2.18. The minimum atomic E-state index is -2.39. The lowest BCUT2D eigenvalue weighted by Crippen LogP contribution is -2.47. The molecule has 1 unspecified atom stereocenters. The molecule has 1 saturated heterocycles. The normalized spacial score (nSPS) is 23.1. The molecule has 1 fully saturated rings. The second kappa shape index (κ2) is 6.00. The van der Waals surface area contributed by atoms with Gasteiger partial charge in [-0.25, -0.2) is 8.78 Å². The summed E-state index contributed by atoms with van der Waals surface area (Å²) in [4.78, 5) is 13.0. The van der Waals surface area contributed by atoms with Gasteiger partial charge in [0.25, 0.3) is 6.43 Å². The van der Waals surface area contributed by atoms with Gasteiger partial charge in [0.15, 0.2) is 0 Å². The summed E-state index contributed by atoms with van der Waals surface area (Å²) in [7, 11) is 0. The van der Waals surface area contributed by atoms with E-state index in [-0.39, 0.29) is 12.5 Å². The molecule has 1 aliphatic rings. The number of nitrogens with zero attached hydrogens (tertiary/aromatic N) is 1. The summed E-state index contributed by atoms with van der Waals surface area (Å²) in [6, 6.07) is -0.465. The van der Waals surface area contributed by atoms with E-state index in [2.05, 4.69) is 0 Å². The van der Waals surface area contributed by atoms with Crippen LogP contribution in [-0.2, 0) is 9.53 Å². The summed E-state index contributed by atoms with van der Waals surface area (Å²) in [6.07, 6.45) is 0.0252. The molecular formula is C10H17F2NO2. The zero-order valence-electron chi connectivity index (χ0n) is 8.92. The number of esters is 1. The van der Waals surface area contributed by atoms with E-state index >= 15 is 0 Å². The number of hydrogen-bond acceptors (Lipinski definition) is 3. The number of carbonyl (C=O) groups is 1. The summed E-state index contributed by atoms with van der Waals surface area (Å²) in [5, 5.41) is 0. The lowest BCUT2D eigenvalue weighted by atomic mass is 10.0. The van der Waals surface area contributed by atoms with Gasteiger partial charge in [-0.2, -0.15) is 0 Å². The molecule has 0 radical (unpaired) electrons. The van der Waals surface area contributed by atoms with Crippen molar-refractivity contribution in [2.45, 2.75) is 38.7 Å². The van der Waals surface area contributed by atoms with Gasteiger partial charge in [-0.3, -0.25) is 9.69 Å². The lowest BCUT2D eigenvalue weighted by Gasteiger charge is -2.33. The molecule has 15 heavy (non-hydrogen) atoms. The molecule has 3 nitrogen and oxygen atoms in total. The number of hydrogen-bond donors (Lipinski definition) is 0. The van der Waals surface area contributed by atoms with Crippen molar-refractivity contribution in [2.24, 2.45) is 0 Å². The van der Waals surface area contributed by atoms with E-state index in [0.717, 1.165) is 12.8 Å². The van der Waals surface area contributed by atoms with E-state index in [9.17, 15) is 13.6 Å². The molecule has 1 heterocycles. The van der Waals surface area contributed by atoms with E-state index in [1.165, 1.54) is 4.90 Å². The highest BCUT2D eigenvalue weighted by Crippen LogP contribution is 2.19. The monoisotopic (exact) mass is 221 g/mol. The highest BCUT2D eigenvalue weighted by atomic mass is 19.3. The Hall–Kier alpha value is -0.710. The van der Waals surface area contributed by atoms with Crippen LogP contribution in [-0.4, -0.2) is 43.0 Å². The van der Waals surface area contributed by atoms with Gasteiger partial charge in [0.1, 0.15) is 6.04 Å². The number of ether oxygens (including phenoxy) is 1. The molecule has 0 N–H and O–H groups in total. The molecule has 0 bridgehead atoms. The Labute approximate surface area is 88.4 Å². The van der Waals surface area contributed by atoms with Gasteiger partial charge < -0.3 is 4.74 Å². The summed E-state index contributed by atoms with van der Waals surface area (Å²) in [6.45, 7) is 2.26. The minimum Gasteiger partial charge on any atom is -0.465 e. The fraction of sp³-hybridized carbons (Fsp3) is 0.900. The largest absolute Gasteiger partial charge is 0.465 e. The number of likely N-dealkylation sites (tertiary alicyclic amines) is 1. The van der Waals surface area contributed by atoms with E-state index in [4.69, 9.17) is 4.74 Å². The van der Waals surface area contributed by atoms with Crippen molar-refractivity contribution in [3.05, 3.63) is 0 Å². The molecule has 1 rings (SSSR count). The third kappa shape index (κ3) is 3.74. The Morgan fingerprint density at radius 2 is 2.27 bits per heavy atom. The van der Waals surface area contributed by atoms with Gasteiger partial charge >= 0.3 is 5.97 Å². The van der Waals surface area contributed by atoms with Crippen molar-refractivity contribution in [3.8, 4) is 0 Å². The molecule has 0 aromatic heterocycles. The van der Waals surface area contributed by atoms with Crippen molar-refractivity contribution in [1.29, 1.82) is 0 Å². The van der Waals surface area contributed by atoms with Crippen LogP contribution in [0.3, 0.4) is 0 Å². The van der Waals surface area contributed by atoms with Gasteiger partial charge in [0, 0.05) is 0 Å². The van der Waals surface area contributed by atoms with E-state index in [1.54, 1.807) is 6.92 Å². The lowest BCUT2D eigenvalue weighted by molar-refractivity contribution is -0.151. The Bertz CT molecular complexity index is 212. The Kier molecular flexibility index (Phi) is 4.94. The molecule has 88 valence electrons. The fourth-order valence-electron chi connectivity index (χ4n) is 1.89. The maximum atomic E-state index is 12.2. The minimum absolute atomic E-state index is 0.303. The van der Waals surface area contributed by atoms with Crippen molar-refractivity contribution in [1.82, 2.24) is 4.90 Å². The van der Waals surface area contributed by atoms with Crippen LogP contribution in [0, 0.1) is 0 Å². The fourth-order valence-corrected chi connectivity index (χ4v) is 1.89. The predicted molar refractivity (Wildman–Crippen MR) is 51.8 cm³/mol. The van der Waals surface area contributed by atoms with Gasteiger partial charge in [-0.15, -0.1) is 0 Å². The van der Waals surface area contributed by atoms with Crippen LogP contribution < -0.4 is 0 Å². The Balaban J connectivity index is 2.52. The summed E-state index contributed by atoms with van der Waals surface area (Å²) in [5.74, 6) is -0.363. The first-order valence-electron chi connectivity index (χ1n) is 5.34. The topological polar surface area (TPSA) is 29.5 Å². The highest BCUT2D eigenvalue weighted by molar-refractivity contribution is 5.75. The standard InChI is InChI=1S/C10H17F2NO2/c1-2-15-10(14)8-5-3-4-6-13(8)7-9(11)12/h8-9H,2-7H2,1H3. The molecule has 0 amide bonds. The third-order valence-corrected chi connectivity index (χ3v) is 2.54. The highest BCUT2D eigenvalue weighted by Gasteiger charge is 2.31. The average molecular weight is 221 g/mol. The first-order valence-corrected chi connectivity index (χ1v) is 5.34. The third-order valence-electron chi connectivity index (χ3n) is 2.54. The number of alkyl halides is 2.